The van der Waals surface area contributed by atoms with Crippen LogP contribution in [0.25, 0.3) is 16.9 Å². The van der Waals surface area contributed by atoms with Crippen molar-refractivity contribution in [3.05, 3.63) is 53.3 Å². The van der Waals surface area contributed by atoms with Gasteiger partial charge in [-0.2, -0.15) is 0 Å². The molecule has 0 aliphatic heterocycles. The van der Waals surface area contributed by atoms with Gasteiger partial charge in [-0.25, -0.2) is 4.98 Å². The number of imidazole rings is 1. The fourth-order valence-electron chi connectivity index (χ4n) is 2.27. The van der Waals surface area contributed by atoms with E-state index in [0.29, 0.717) is 0 Å². The highest BCUT2D eigenvalue weighted by molar-refractivity contribution is 6.30. The summed E-state index contributed by atoms with van der Waals surface area (Å²) in [6.45, 7) is 2.00. The van der Waals surface area contributed by atoms with Gasteiger partial charge in [0.1, 0.15) is 0 Å². The molecule has 0 bridgehead atoms. The molecule has 0 spiro atoms. The van der Waals surface area contributed by atoms with E-state index in [1.165, 1.54) is 0 Å². The van der Waals surface area contributed by atoms with Crippen LogP contribution in [-0.4, -0.2) is 16.5 Å². The molecule has 2 aromatic heterocycles. The minimum Gasteiger partial charge on any atom is -0.493 e. The third kappa shape index (κ3) is 1.96. The number of methoxy groups -OCH3 is 1. The normalized spacial score (nSPS) is 10.9. The molecule has 0 radical (unpaired) electrons. The quantitative estimate of drug-likeness (QED) is 0.706. The van der Waals surface area contributed by atoms with Crippen LogP contribution in [-0.2, 0) is 0 Å². The molecule has 3 nitrogen and oxygen atoms in total. The van der Waals surface area contributed by atoms with Crippen molar-refractivity contribution in [1.82, 2.24) is 9.38 Å². The van der Waals surface area contributed by atoms with Gasteiger partial charge in [-0.15, -0.1) is 0 Å². The molecule has 2 heterocycles. The molecule has 3 aromatic rings. The summed E-state index contributed by atoms with van der Waals surface area (Å²) in [5.41, 5.74) is 3.94. The van der Waals surface area contributed by atoms with Gasteiger partial charge >= 0.3 is 0 Å². The summed E-state index contributed by atoms with van der Waals surface area (Å²) < 4.78 is 7.39. The van der Waals surface area contributed by atoms with Crippen molar-refractivity contribution in [2.45, 2.75) is 6.92 Å². The predicted molar refractivity (Wildman–Crippen MR) is 76.9 cm³/mol. The fourth-order valence-corrected chi connectivity index (χ4v) is 2.40. The Morgan fingerprint density at radius 2 is 1.89 bits per heavy atom. The highest BCUT2D eigenvalue weighted by Crippen LogP contribution is 2.29. The number of pyridine rings is 1. The standard InChI is InChI=1S/C15H13ClN2O/c1-10-14(11-5-7-12(16)8-6-11)18-9-3-4-13(19-2)15(18)17-10/h3-9H,1-2H3. The maximum absolute atomic E-state index is 5.94. The molecule has 0 fully saturated rings. The van der Waals surface area contributed by atoms with Gasteiger partial charge in [-0.3, -0.25) is 4.40 Å². The van der Waals surface area contributed by atoms with E-state index in [2.05, 4.69) is 4.98 Å². The summed E-state index contributed by atoms with van der Waals surface area (Å²) in [5.74, 6) is 0.769. The molecule has 19 heavy (non-hydrogen) atoms. The molecular weight excluding hydrogens is 260 g/mol. The summed E-state index contributed by atoms with van der Waals surface area (Å²) >= 11 is 5.94. The molecule has 0 saturated heterocycles. The third-order valence-electron chi connectivity index (χ3n) is 3.13. The Hall–Kier alpha value is -2.00. The lowest BCUT2D eigenvalue weighted by Crippen LogP contribution is -1.91. The molecule has 0 aliphatic carbocycles. The molecule has 0 atom stereocenters. The third-order valence-corrected chi connectivity index (χ3v) is 3.38. The fraction of sp³-hybridized carbons (Fsp3) is 0.133. The molecule has 0 unspecified atom stereocenters. The largest absolute Gasteiger partial charge is 0.493 e. The summed E-state index contributed by atoms with van der Waals surface area (Å²) in [6.07, 6.45) is 1.99. The number of halogens is 1. The van der Waals surface area contributed by atoms with Crippen LogP contribution in [0, 0.1) is 6.92 Å². The van der Waals surface area contributed by atoms with Crippen LogP contribution in [0.3, 0.4) is 0 Å². The van der Waals surface area contributed by atoms with E-state index in [1.807, 2.05) is 53.9 Å². The Kier molecular flexibility index (Phi) is 2.91. The van der Waals surface area contributed by atoms with Gasteiger partial charge in [0.2, 0.25) is 0 Å². The second kappa shape index (κ2) is 4.59. The van der Waals surface area contributed by atoms with E-state index in [0.717, 1.165) is 33.4 Å². The Morgan fingerprint density at radius 1 is 1.16 bits per heavy atom. The number of hydrogen-bond donors (Lipinski definition) is 0. The molecule has 3 rings (SSSR count). The van der Waals surface area contributed by atoms with Crippen molar-refractivity contribution in [3.63, 3.8) is 0 Å². The van der Waals surface area contributed by atoms with E-state index >= 15 is 0 Å². The average molecular weight is 273 g/mol. The Balaban J connectivity index is 2.29. The maximum Gasteiger partial charge on any atom is 0.180 e. The van der Waals surface area contributed by atoms with Gasteiger partial charge in [0, 0.05) is 16.8 Å². The Bertz CT molecular complexity index is 732. The number of aryl methyl sites for hydroxylation is 1. The minimum atomic E-state index is 0.729. The lowest BCUT2D eigenvalue weighted by molar-refractivity contribution is 0.417. The number of ether oxygens (including phenoxy) is 1. The van der Waals surface area contributed by atoms with Gasteiger partial charge in [0.05, 0.1) is 18.5 Å². The van der Waals surface area contributed by atoms with E-state index in [9.17, 15) is 0 Å². The molecular formula is C15H13ClN2O. The minimum absolute atomic E-state index is 0.729. The van der Waals surface area contributed by atoms with Crippen molar-refractivity contribution in [2.24, 2.45) is 0 Å². The Morgan fingerprint density at radius 3 is 2.58 bits per heavy atom. The van der Waals surface area contributed by atoms with E-state index < -0.39 is 0 Å². The number of fused-ring (bicyclic) bond motifs is 1. The molecule has 1 aromatic carbocycles. The smallest absolute Gasteiger partial charge is 0.180 e. The summed E-state index contributed by atoms with van der Waals surface area (Å²) in [7, 11) is 1.65. The second-order valence-corrected chi connectivity index (χ2v) is 4.76. The molecule has 4 heteroatoms. The number of rotatable bonds is 2. The lowest BCUT2D eigenvalue weighted by Gasteiger charge is -2.05. The van der Waals surface area contributed by atoms with E-state index in [-0.39, 0.29) is 0 Å². The maximum atomic E-state index is 5.94. The first-order chi connectivity index (χ1) is 9.20. The summed E-state index contributed by atoms with van der Waals surface area (Å²) in [5, 5.41) is 0.729. The zero-order valence-electron chi connectivity index (χ0n) is 10.7. The van der Waals surface area contributed by atoms with Crippen molar-refractivity contribution in [3.8, 4) is 17.0 Å². The summed E-state index contributed by atoms with van der Waals surface area (Å²) in [4.78, 5) is 4.59. The van der Waals surface area contributed by atoms with Crippen molar-refractivity contribution in [2.75, 3.05) is 7.11 Å². The van der Waals surface area contributed by atoms with Crippen molar-refractivity contribution >= 4 is 17.2 Å². The second-order valence-electron chi connectivity index (χ2n) is 4.32. The molecule has 96 valence electrons. The zero-order valence-corrected chi connectivity index (χ0v) is 11.5. The first kappa shape index (κ1) is 12.1. The Labute approximate surface area is 116 Å². The first-order valence-electron chi connectivity index (χ1n) is 5.98. The topological polar surface area (TPSA) is 26.5 Å². The number of benzene rings is 1. The van der Waals surface area contributed by atoms with Crippen molar-refractivity contribution in [1.29, 1.82) is 0 Å². The van der Waals surface area contributed by atoms with Crippen LogP contribution in [0.15, 0.2) is 42.6 Å². The van der Waals surface area contributed by atoms with Crippen LogP contribution >= 0.6 is 11.6 Å². The molecule has 0 saturated carbocycles. The number of hydrogen-bond acceptors (Lipinski definition) is 2. The van der Waals surface area contributed by atoms with Gasteiger partial charge in [0.25, 0.3) is 0 Å². The highest BCUT2D eigenvalue weighted by Gasteiger charge is 2.13. The van der Waals surface area contributed by atoms with Crippen LogP contribution in [0.5, 0.6) is 5.75 Å². The van der Waals surface area contributed by atoms with Crippen LogP contribution in [0.4, 0.5) is 0 Å². The number of nitrogens with zero attached hydrogens (tertiary/aromatic N) is 2. The van der Waals surface area contributed by atoms with Crippen LogP contribution in [0.2, 0.25) is 5.02 Å². The van der Waals surface area contributed by atoms with E-state index in [4.69, 9.17) is 16.3 Å². The average Bonchev–Trinajstić information content (AvgIpc) is 2.76. The number of aromatic nitrogens is 2. The monoisotopic (exact) mass is 272 g/mol. The van der Waals surface area contributed by atoms with Gasteiger partial charge in [-0.1, -0.05) is 23.7 Å². The molecule has 0 amide bonds. The van der Waals surface area contributed by atoms with Gasteiger partial charge in [-0.05, 0) is 31.2 Å². The zero-order chi connectivity index (χ0) is 13.4. The van der Waals surface area contributed by atoms with Crippen LogP contribution in [0.1, 0.15) is 5.69 Å². The molecule has 0 aliphatic rings. The summed E-state index contributed by atoms with van der Waals surface area (Å²) in [6, 6.07) is 11.6. The molecule has 0 N–H and O–H groups in total. The van der Waals surface area contributed by atoms with Crippen molar-refractivity contribution < 1.29 is 4.74 Å². The van der Waals surface area contributed by atoms with Gasteiger partial charge < -0.3 is 4.74 Å². The van der Waals surface area contributed by atoms with Gasteiger partial charge in [0.15, 0.2) is 11.4 Å². The predicted octanol–water partition coefficient (Wildman–Crippen LogP) is 3.97. The first-order valence-corrected chi connectivity index (χ1v) is 6.36. The van der Waals surface area contributed by atoms with Crippen LogP contribution < -0.4 is 4.74 Å². The SMILES string of the molecule is COc1cccn2c(-c3ccc(Cl)cc3)c(C)nc12. The van der Waals surface area contributed by atoms with E-state index in [1.54, 1.807) is 7.11 Å². The highest BCUT2D eigenvalue weighted by atomic mass is 35.5. The lowest BCUT2D eigenvalue weighted by atomic mass is 10.1.